The third-order valence-electron chi connectivity index (χ3n) is 5.09. The van der Waals surface area contributed by atoms with E-state index in [1.54, 1.807) is 46.2 Å². The third kappa shape index (κ3) is 5.92. The van der Waals surface area contributed by atoms with Crippen molar-refractivity contribution in [2.75, 3.05) is 39.8 Å². The van der Waals surface area contributed by atoms with E-state index in [0.717, 1.165) is 0 Å². The minimum Gasteiger partial charge on any atom is -0.454 e. The van der Waals surface area contributed by atoms with Crippen molar-refractivity contribution in [3.63, 3.8) is 0 Å². The molecule has 186 valence electrons. The van der Waals surface area contributed by atoms with Gasteiger partial charge in [0.15, 0.2) is 23.0 Å². The van der Waals surface area contributed by atoms with Crippen LogP contribution in [0, 0.1) is 0 Å². The number of rotatable bonds is 2. The first-order valence-electron chi connectivity index (χ1n) is 12.1. The van der Waals surface area contributed by atoms with Gasteiger partial charge in [-0.2, -0.15) is 0 Å². The van der Waals surface area contributed by atoms with Gasteiger partial charge >= 0.3 is 0 Å². The summed E-state index contributed by atoms with van der Waals surface area (Å²) in [5, 5.41) is 0. The predicted octanol–water partition coefficient (Wildman–Crippen LogP) is 4.82. The van der Waals surface area contributed by atoms with Gasteiger partial charge in [-0.05, 0) is 36.4 Å². The zero-order chi connectivity index (χ0) is 25.1. The van der Waals surface area contributed by atoms with Crippen LogP contribution in [0.1, 0.15) is 62.3 Å². The standard InChI is InChI=1S/C20H18N2O6.3C2H6/c23-19(13-1-3-15-17(9-13)27-11-25-15)21-5-7-22(8-6-21)20(24)14-2-4-16-18(10-14)28-12-26-16;3*1-2/h1-4,9-10H,5-8,11-12H2;3*1-2H3. The number of carbonyl (C=O) groups is 2. The highest BCUT2D eigenvalue weighted by atomic mass is 16.7. The van der Waals surface area contributed by atoms with Gasteiger partial charge in [0.05, 0.1) is 0 Å². The van der Waals surface area contributed by atoms with E-state index in [2.05, 4.69) is 0 Å². The molecule has 0 atom stereocenters. The van der Waals surface area contributed by atoms with Crippen molar-refractivity contribution >= 4 is 11.8 Å². The second kappa shape index (κ2) is 13.3. The van der Waals surface area contributed by atoms with Gasteiger partial charge in [-0.15, -0.1) is 0 Å². The second-order valence-corrected chi connectivity index (χ2v) is 6.72. The normalized spacial score (nSPS) is 14.5. The molecule has 0 aliphatic carbocycles. The van der Waals surface area contributed by atoms with Crippen molar-refractivity contribution < 1.29 is 28.5 Å². The second-order valence-electron chi connectivity index (χ2n) is 6.72. The first-order valence-corrected chi connectivity index (χ1v) is 12.1. The van der Waals surface area contributed by atoms with Gasteiger partial charge in [0, 0.05) is 37.3 Å². The molecule has 8 heteroatoms. The molecule has 3 aliphatic rings. The first kappa shape index (κ1) is 26.8. The molecule has 8 nitrogen and oxygen atoms in total. The molecule has 2 amide bonds. The van der Waals surface area contributed by atoms with E-state index in [-0.39, 0.29) is 25.4 Å². The topological polar surface area (TPSA) is 77.5 Å². The number of ether oxygens (including phenoxy) is 4. The Bertz CT molecular complexity index is 877. The number of amides is 2. The molecular weight excluding hydrogens is 436 g/mol. The summed E-state index contributed by atoms with van der Waals surface area (Å²) in [6, 6.07) is 10.4. The quantitative estimate of drug-likeness (QED) is 0.624. The van der Waals surface area contributed by atoms with Crippen LogP contribution in [-0.2, 0) is 0 Å². The van der Waals surface area contributed by atoms with Crippen molar-refractivity contribution in [2.45, 2.75) is 41.5 Å². The first-order chi connectivity index (χ1) is 16.7. The monoisotopic (exact) mass is 472 g/mol. The Morgan fingerprint density at radius 3 is 1.24 bits per heavy atom. The lowest BCUT2D eigenvalue weighted by atomic mass is 10.1. The predicted molar refractivity (Wildman–Crippen MR) is 131 cm³/mol. The van der Waals surface area contributed by atoms with Crippen molar-refractivity contribution in [2.24, 2.45) is 0 Å². The van der Waals surface area contributed by atoms with E-state index in [9.17, 15) is 9.59 Å². The minimum absolute atomic E-state index is 0.0755. The Hall–Kier alpha value is -3.42. The average molecular weight is 473 g/mol. The molecule has 0 spiro atoms. The molecular formula is C26H36N2O6. The number of fused-ring (bicyclic) bond motifs is 2. The van der Waals surface area contributed by atoms with Crippen molar-refractivity contribution in [1.29, 1.82) is 0 Å². The highest BCUT2D eigenvalue weighted by Crippen LogP contribution is 2.34. The summed E-state index contributed by atoms with van der Waals surface area (Å²) in [6.45, 7) is 14.3. The Balaban J connectivity index is 0.000000633. The minimum atomic E-state index is -0.0755. The number of piperazine rings is 1. The maximum atomic E-state index is 12.8. The van der Waals surface area contributed by atoms with E-state index in [1.807, 2.05) is 41.5 Å². The zero-order valence-electron chi connectivity index (χ0n) is 21.1. The number of nitrogens with zero attached hydrogens (tertiary/aromatic N) is 2. The Kier molecular flexibility index (Phi) is 10.5. The van der Waals surface area contributed by atoms with Crippen LogP contribution in [-0.4, -0.2) is 61.4 Å². The molecule has 2 aromatic carbocycles. The summed E-state index contributed by atoms with van der Waals surface area (Å²) in [7, 11) is 0. The fourth-order valence-corrected chi connectivity index (χ4v) is 3.54. The largest absolute Gasteiger partial charge is 0.454 e. The van der Waals surface area contributed by atoms with Gasteiger partial charge in [0.2, 0.25) is 13.6 Å². The van der Waals surface area contributed by atoms with E-state index in [0.29, 0.717) is 60.3 Å². The zero-order valence-corrected chi connectivity index (χ0v) is 21.1. The molecule has 5 rings (SSSR count). The van der Waals surface area contributed by atoms with Gasteiger partial charge in [-0.25, -0.2) is 0 Å². The van der Waals surface area contributed by atoms with Crippen molar-refractivity contribution in [3.05, 3.63) is 47.5 Å². The molecule has 3 heterocycles. The molecule has 0 bridgehead atoms. The molecule has 0 radical (unpaired) electrons. The molecule has 3 aliphatic heterocycles. The fraction of sp³-hybridized carbons (Fsp3) is 0.462. The maximum Gasteiger partial charge on any atom is 0.254 e. The lowest BCUT2D eigenvalue weighted by molar-refractivity contribution is 0.0535. The molecule has 0 unspecified atom stereocenters. The van der Waals surface area contributed by atoms with E-state index >= 15 is 0 Å². The average Bonchev–Trinajstić information content (AvgIpc) is 3.60. The van der Waals surface area contributed by atoms with Crippen molar-refractivity contribution in [1.82, 2.24) is 9.80 Å². The third-order valence-corrected chi connectivity index (χ3v) is 5.09. The highest BCUT2D eigenvalue weighted by Gasteiger charge is 2.27. The van der Waals surface area contributed by atoms with Gasteiger partial charge in [0.1, 0.15) is 0 Å². The van der Waals surface area contributed by atoms with Crippen LogP contribution in [0.15, 0.2) is 36.4 Å². The molecule has 0 aromatic heterocycles. The van der Waals surface area contributed by atoms with Crippen LogP contribution in [0.3, 0.4) is 0 Å². The van der Waals surface area contributed by atoms with Crippen LogP contribution in [0.25, 0.3) is 0 Å². The van der Waals surface area contributed by atoms with E-state index in [1.165, 1.54) is 0 Å². The summed E-state index contributed by atoms with van der Waals surface area (Å²) in [5.74, 6) is 2.32. The van der Waals surface area contributed by atoms with Crippen LogP contribution in [0.4, 0.5) is 0 Å². The van der Waals surface area contributed by atoms with E-state index < -0.39 is 0 Å². The van der Waals surface area contributed by atoms with Gasteiger partial charge in [-0.1, -0.05) is 41.5 Å². The lowest BCUT2D eigenvalue weighted by Gasteiger charge is -2.35. The van der Waals surface area contributed by atoms with Gasteiger partial charge in [-0.3, -0.25) is 9.59 Å². The van der Waals surface area contributed by atoms with Crippen LogP contribution in [0.5, 0.6) is 23.0 Å². The summed E-state index contributed by atoms with van der Waals surface area (Å²) in [6.07, 6.45) is 0. The van der Waals surface area contributed by atoms with Crippen LogP contribution in [0.2, 0.25) is 0 Å². The summed E-state index contributed by atoms with van der Waals surface area (Å²) in [5.41, 5.74) is 1.11. The number of hydrogen-bond donors (Lipinski definition) is 0. The Morgan fingerprint density at radius 1 is 0.559 bits per heavy atom. The Morgan fingerprint density at radius 2 is 0.882 bits per heavy atom. The highest BCUT2D eigenvalue weighted by molar-refractivity contribution is 5.96. The lowest BCUT2D eigenvalue weighted by Crippen LogP contribution is -2.50. The Labute approximate surface area is 202 Å². The van der Waals surface area contributed by atoms with Gasteiger partial charge in [0.25, 0.3) is 11.8 Å². The SMILES string of the molecule is CC.CC.CC.O=C(c1ccc2c(c1)OCO2)N1CCN(C(=O)c2ccc3c(c2)OCO3)CC1. The van der Waals surface area contributed by atoms with E-state index in [4.69, 9.17) is 18.9 Å². The van der Waals surface area contributed by atoms with Crippen LogP contribution >= 0.6 is 0 Å². The number of hydrogen-bond acceptors (Lipinski definition) is 6. The summed E-state index contributed by atoms with van der Waals surface area (Å²) >= 11 is 0. The smallest absolute Gasteiger partial charge is 0.254 e. The number of benzene rings is 2. The fourth-order valence-electron chi connectivity index (χ4n) is 3.54. The van der Waals surface area contributed by atoms with Crippen LogP contribution < -0.4 is 18.9 Å². The number of carbonyl (C=O) groups excluding carboxylic acids is 2. The molecule has 0 N–H and O–H groups in total. The summed E-state index contributed by atoms with van der Waals surface area (Å²) in [4.78, 5) is 29.0. The molecule has 34 heavy (non-hydrogen) atoms. The maximum absolute atomic E-state index is 12.8. The molecule has 0 saturated carbocycles. The summed E-state index contributed by atoms with van der Waals surface area (Å²) < 4.78 is 21.2. The van der Waals surface area contributed by atoms with Crippen molar-refractivity contribution in [3.8, 4) is 23.0 Å². The van der Waals surface area contributed by atoms with Gasteiger partial charge < -0.3 is 28.7 Å². The molecule has 1 saturated heterocycles. The molecule has 2 aromatic rings. The molecule has 1 fully saturated rings.